The molecule has 98 valence electrons. The number of alkyl halides is 2. The minimum absolute atomic E-state index is 0.662. The monoisotopic (exact) mass is 381 g/mol. The molecule has 0 aliphatic heterocycles. The number of aryl methyl sites for hydroxylation is 1. The zero-order valence-corrected chi connectivity index (χ0v) is 13.8. The number of rotatable bonds is 4. The van der Waals surface area contributed by atoms with Gasteiger partial charge < -0.3 is 0 Å². The van der Waals surface area contributed by atoms with Gasteiger partial charge in [-0.3, -0.25) is 0 Å². The fourth-order valence-corrected chi connectivity index (χ4v) is 2.91. The fraction of sp³-hybridized carbons (Fsp3) is 0.357. The third-order valence-corrected chi connectivity index (χ3v) is 4.00. The average Bonchev–Trinajstić information content (AvgIpc) is 2.45. The summed E-state index contributed by atoms with van der Waals surface area (Å²) >= 11 is 6.86. The highest BCUT2D eigenvalue weighted by Gasteiger charge is 2.10. The lowest BCUT2D eigenvalue weighted by molar-refractivity contribution is 0.918. The molecule has 0 saturated carbocycles. The third-order valence-electron chi connectivity index (χ3n) is 2.94. The van der Waals surface area contributed by atoms with E-state index in [0.717, 1.165) is 40.8 Å². The van der Waals surface area contributed by atoms with Crippen LogP contribution >= 0.6 is 31.9 Å². The Morgan fingerprint density at radius 2 is 1.68 bits per heavy atom. The fourth-order valence-electron chi connectivity index (χ4n) is 2.01. The van der Waals surface area contributed by atoms with Crippen molar-refractivity contribution in [2.45, 2.75) is 30.4 Å². The molecular formula is C14H13Br2N3. The summed E-state index contributed by atoms with van der Waals surface area (Å²) in [6, 6.07) is 6.09. The molecule has 0 aliphatic rings. The predicted molar refractivity (Wildman–Crippen MR) is 83.5 cm³/mol. The Kier molecular flexibility index (Phi) is 4.89. The minimum Gasteiger partial charge on any atom is -0.248 e. The first-order chi connectivity index (χ1) is 9.23. The molecule has 2 aromatic rings. The van der Waals surface area contributed by atoms with Crippen molar-refractivity contribution in [3.05, 3.63) is 34.6 Å². The van der Waals surface area contributed by atoms with E-state index < -0.39 is 0 Å². The molecule has 0 amide bonds. The van der Waals surface area contributed by atoms with Crippen LogP contribution in [-0.2, 0) is 17.1 Å². The zero-order valence-electron chi connectivity index (χ0n) is 10.6. The summed E-state index contributed by atoms with van der Waals surface area (Å²) in [5.74, 6) is 0. The number of fused-ring (bicyclic) bond motifs is 1. The summed E-state index contributed by atoms with van der Waals surface area (Å²) in [5.41, 5.74) is 5.26. The van der Waals surface area contributed by atoms with Crippen LogP contribution in [0.4, 0.5) is 0 Å². The summed E-state index contributed by atoms with van der Waals surface area (Å²) in [5, 5.41) is 10.6. The number of halogens is 2. The van der Waals surface area contributed by atoms with Crippen molar-refractivity contribution in [1.82, 2.24) is 9.97 Å². The van der Waals surface area contributed by atoms with Crippen LogP contribution in [0, 0.1) is 11.3 Å². The predicted octanol–water partition coefficient (Wildman–Crippen LogP) is 4.24. The Hall–Kier alpha value is -0.990. The van der Waals surface area contributed by atoms with Crippen molar-refractivity contribution in [3.63, 3.8) is 0 Å². The Labute approximate surface area is 129 Å². The minimum atomic E-state index is 0.662. The van der Waals surface area contributed by atoms with Crippen LogP contribution in [0.25, 0.3) is 11.0 Å². The van der Waals surface area contributed by atoms with Gasteiger partial charge in [-0.05, 0) is 24.1 Å². The van der Waals surface area contributed by atoms with Crippen LogP contribution in [0.3, 0.4) is 0 Å². The van der Waals surface area contributed by atoms with E-state index in [1.165, 1.54) is 0 Å². The van der Waals surface area contributed by atoms with Gasteiger partial charge in [0.25, 0.3) is 0 Å². The molecule has 5 heteroatoms. The molecule has 0 aliphatic carbocycles. The number of benzene rings is 1. The molecule has 0 radical (unpaired) electrons. The molecule has 1 aromatic heterocycles. The van der Waals surface area contributed by atoms with E-state index >= 15 is 0 Å². The Morgan fingerprint density at radius 1 is 1.11 bits per heavy atom. The normalized spacial score (nSPS) is 10.6. The number of nitrogens with zero attached hydrogens (tertiary/aromatic N) is 3. The SMILES string of the molecule is CCCc1cc2nc(CBr)c(CBr)nc2cc1C#N. The van der Waals surface area contributed by atoms with E-state index in [2.05, 4.69) is 54.8 Å². The maximum atomic E-state index is 9.22. The van der Waals surface area contributed by atoms with Crippen LogP contribution in [0.15, 0.2) is 12.1 Å². The molecule has 0 saturated heterocycles. The van der Waals surface area contributed by atoms with E-state index in [0.29, 0.717) is 16.2 Å². The second-order valence-electron chi connectivity index (χ2n) is 4.24. The van der Waals surface area contributed by atoms with E-state index in [1.807, 2.05) is 12.1 Å². The summed E-state index contributed by atoms with van der Waals surface area (Å²) < 4.78 is 0. The summed E-state index contributed by atoms with van der Waals surface area (Å²) in [4.78, 5) is 9.22. The quantitative estimate of drug-likeness (QED) is 0.743. The van der Waals surface area contributed by atoms with Gasteiger partial charge in [0, 0.05) is 10.7 Å². The highest BCUT2D eigenvalue weighted by molar-refractivity contribution is 9.09. The van der Waals surface area contributed by atoms with Crippen molar-refractivity contribution < 1.29 is 0 Å². The topological polar surface area (TPSA) is 49.6 Å². The Morgan fingerprint density at radius 3 is 2.16 bits per heavy atom. The van der Waals surface area contributed by atoms with Gasteiger partial charge in [0.05, 0.1) is 34.1 Å². The van der Waals surface area contributed by atoms with Crippen molar-refractivity contribution in [2.24, 2.45) is 0 Å². The van der Waals surface area contributed by atoms with Gasteiger partial charge >= 0.3 is 0 Å². The van der Waals surface area contributed by atoms with E-state index in [1.54, 1.807) is 0 Å². The summed E-state index contributed by atoms with van der Waals surface area (Å²) in [6.07, 6.45) is 1.91. The van der Waals surface area contributed by atoms with Crippen LogP contribution < -0.4 is 0 Å². The standard InChI is InChI=1S/C14H13Br2N3/c1-2-3-9-4-11-12(5-10(9)8-17)19-14(7-16)13(6-15)18-11/h4-5H,2-3,6-7H2,1H3. The maximum Gasteiger partial charge on any atom is 0.0995 e. The first-order valence-corrected chi connectivity index (χ1v) is 8.32. The molecule has 0 bridgehead atoms. The Bertz CT molecular complexity index is 647. The molecule has 2 rings (SSSR count). The van der Waals surface area contributed by atoms with E-state index in [9.17, 15) is 5.26 Å². The smallest absolute Gasteiger partial charge is 0.0995 e. The molecule has 0 fully saturated rings. The van der Waals surface area contributed by atoms with Gasteiger partial charge in [-0.25, -0.2) is 9.97 Å². The van der Waals surface area contributed by atoms with Gasteiger partial charge in [-0.15, -0.1) is 0 Å². The molecule has 0 spiro atoms. The van der Waals surface area contributed by atoms with Gasteiger partial charge in [-0.2, -0.15) is 5.26 Å². The van der Waals surface area contributed by atoms with Crippen LogP contribution in [0.1, 0.15) is 35.9 Å². The third kappa shape index (κ3) is 2.96. The van der Waals surface area contributed by atoms with Gasteiger partial charge in [0.1, 0.15) is 0 Å². The Balaban J connectivity index is 2.68. The number of hydrogen-bond donors (Lipinski definition) is 0. The lowest BCUT2D eigenvalue weighted by Crippen LogP contribution is -2.00. The van der Waals surface area contributed by atoms with E-state index in [-0.39, 0.29) is 0 Å². The molecule has 1 aromatic carbocycles. The van der Waals surface area contributed by atoms with E-state index in [4.69, 9.17) is 0 Å². The highest BCUT2D eigenvalue weighted by Crippen LogP contribution is 2.22. The largest absolute Gasteiger partial charge is 0.248 e. The summed E-state index contributed by atoms with van der Waals surface area (Å²) in [7, 11) is 0. The number of hydrogen-bond acceptors (Lipinski definition) is 3. The van der Waals surface area contributed by atoms with Crippen LogP contribution in [-0.4, -0.2) is 9.97 Å². The molecule has 19 heavy (non-hydrogen) atoms. The van der Waals surface area contributed by atoms with Crippen molar-refractivity contribution >= 4 is 42.9 Å². The average molecular weight is 383 g/mol. The molecule has 0 unspecified atom stereocenters. The molecule has 1 heterocycles. The molecule has 3 nitrogen and oxygen atoms in total. The first-order valence-electron chi connectivity index (χ1n) is 6.08. The lowest BCUT2D eigenvalue weighted by Gasteiger charge is -2.08. The lowest BCUT2D eigenvalue weighted by atomic mass is 10.0. The first kappa shape index (κ1) is 14.4. The highest BCUT2D eigenvalue weighted by atomic mass is 79.9. The molecule has 0 atom stereocenters. The molecule has 0 N–H and O–H groups in total. The zero-order chi connectivity index (χ0) is 13.8. The second-order valence-corrected chi connectivity index (χ2v) is 5.37. The van der Waals surface area contributed by atoms with Gasteiger partial charge in [0.15, 0.2) is 0 Å². The van der Waals surface area contributed by atoms with Crippen LogP contribution in [0.5, 0.6) is 0 Å². The van der Waals surface area contributed by atoms with Crippen LogP contribution in [0.2, 0.25) is 0 Å². The van der Waals surface area contributed by atoms with Crippen molar-refractivity contribution in [1.29, 1.82) is 5.26 Å². The maximum absolute atomic E-state index is 9.22. The number of nitriles is 1. The van der Waals surface area contributed by atoms with Gasteiger partial charge in [-0.1, -0.05) is 45.2 Å². The number of aromatic nitrogens is 2. The molecular weight excluding hydrogens is 370 g/mol. The van der Waals surface area contributed by atoms with Crippen molar-refractivity contribution in [3.8, 4) is 6.07 Å². The second kappa shape index (κ2) is 6.44. The summed E-state index contributed by atoms with van der Waals surface area (Å²) in [6.45, 7) is 2.11. The van der Waals surface area contributed by atoms with Crippen molar-refractivity contribution in [2.75, 3.05) is 0 Å². The van der Waals surface area contributed by atoms with Gasteiger partial charge in [0.2, 0.25) is 0 Å².